The van der Waals surface area contributed by atoms with E-state index < -0.39 is 40.5 Å². The molecule has 0 aromatic heterocycles. The van der Waals surface area contributed by atoms with Gasteiger partial charge in [0.25, 0.3) is 0 Å². The lowest BCUT2D eigenvalue weighted by atomic mass is 9.62. The Morgan fingerprint density at radius 2 is 1.65 bits per heavy atom. The van der Waals surface area contributed by atoms with Crippen LogP contribution in [-0.4, -0.2) is 11.5 Å². The molecule has 2 rings (SSSR count). The van der Waals surface area contributed by atoms with E-state index >= 15 is 0 Å². The molecule has 0 saturated heterocycles. The second-order valence-corrected chi connectivity index (χ2v) is 5.57. The second kappa shape index (κ2) is 5.43. The average molecular weight is 311 g/mol. The molecule has 0 radical (unpaired) electrons. The third-order valence-corrected chi connectivity index (χ3v) is 4.95. The summed E-state index contributed by atoms with van der Waals surface area (Å²) in [6.45, 7) is 3.79. The molecule has 6 heteroatoms. The molecule has 0 N–H and O–H groups in total. The molecule has 0 heterocycles. The van der Waals surface area contributed by atoms with Crippen LogP contribution in [0.2, 0.25) is 0 Å². The van der Waals surface area contributed by atoms with Crippen molar-refractivity contribution in [1.29, 1.82) is 0 Å². The first-order chi connectivity index (χ1) is 9.37. The summed E-state index contributed by atoms with van der Waals surface area (Å²) in [5, 5.41) is -0.174. The van der Waals surface area contributed by atoms with Crippen molar-refractivity contribution in [3.63, 3.8) is 0 Å². The SMILES string of the molecule is CCC1(CC)C(Cl)CC1Oc1c(F)c(F)cc(F)c1F. The van der Waals surface area contributed by atoms with E-state index in [-0.39, 0.29) is 11.4 Å². The molecule has 1 saturated carbocycles. The van der Waals surface area contributed by atoms with Crippen molar-refractivity contribution in [3.8, 4) is 5.75 Å². The van der Waals surface area contributed by atoms with Gasteiger partial charge in [0.1, 0.15) is 6.10 Å². The zero-order chi connectivity index (χ0) is 15.1. The molecule has 1 aromatic carbocycles. The Bertz CT molecular complexity index is 490. The van der Waals surface area contributed by atoms with Gasteiger partial charge in [-0.25, -0.2) is 8.78 Å². The first kappa shape index (κ1) is 15.4. The third kappa shape index (κ3) is 2.16. The van der Waals surface area contributed by atoms with E-state index in [1.54, 1.807) is 0 Å². The van der Waals surface area contributed by atoms with E-state index in [2.05, 4.69) is 0 Å². The van der Waals surface area contributed by atoms with Crippen LogP contribution in [-0.2, 0) is 0 Å². The fourth-order valence-electron chi connectivity index (χ4n) is 2.81. The van der Waals surface area contributed by atoms with Crippen molar-refractivity contribution in [2.75, 3.05) is 0 Å². The minimum absolute atomic E-state index is 0.162. The summed E-state index contributed by atoms with van der Waals surface area (Å²) in [5.41, 5.74) is -0.427. The van der Waals surface area contributed by atoms with Crippen molar-refractivity contribution in [3.05, 3.63) is 29.3 Å². The average Bonchev–Trinajstić information content (AvgIpc) is 2.41. The lowest BCUT2D eigenvalue weighted by Crippen LogP contribution is -2.56. The molecule has 112 valence electrons. The van der Waals surface area contributed by atoms with E-state index in [4.69, 9.17) is 16.3 Å². The Morgan fingerprint density at radius 3 is 2.05 bits per heavy atom. The van der Waals surface area contributed by atoms with Crippen LogP contribution >= 0.6 is 11.6 Å². The van der Waals surface area contributed by atoms with Crippen molar-refractivity contribution in [2.45, 2.75) is 44.6 Å². The molecule has 0 aliphatic heterocycles. The van der Waals surface area contributed by atoms with Crippen LogP contribution in [0.25, 0.3) is 0 Å². The first-order valence-electron chi connectivity index (χ1n) is 6.51. The van der Waals surface area contributed by atoms with E-state index in [1.807, 2.05) is 13.8 Å². The third-order valence-electron chi connectivity index (χ3n) is 4.33. The summed E-state index contributed by atoms with van der Waals surface area (Å²) >= 11 is 6.16. The molecule has 2 atom stereocenters. The van der Waals surface area contributed by atoms with Gasteiger partial charge in [-0.1, -0.05) is 13.8 Å². The van der Waals surface area contributed by atoms with Crippen LogP contribution in [0.1, 0.15) is 33.1 Å². The molecule has 0 spiro atoms. The van der Waals surface area contributed by atoms with Gasteiger partial charge < -0.3 is 4.74 Å². The maximum Gasteiger partial charge on any atom is 0.203 e. The number of hydrogen-bond donors (Lipinski definition) is 0. The number of benzene rings is 1. The van der Waals surface area contributed by atoms with Crippen LogP contribution in [0.15, 0.2) is 6.07 Å². The summed E-state index contributed by atoms with van der Waals surface area (Å²) in [4.78, 5) is 0. The molecule has 20 heavy (non-hydrogen) atoms. The number of hydrogen-bond acceptors (Lipinski definition) is 1. The number of halogens is 5. The van der Waals surface area contributed by atoms with Crippen molar-refractivity contribution < 1.29 is 22.3 Å². The van der Waals surface area contributed by atoms with Gasteiger partial charge in [-0.3, -0.25) is 0 Å². The van der Waals surface area contributed by atoms with Crippen LogP contribution < -0.4 is 4.74 Å². The molecule has 1 aromatic rings. The van der Waals surface area contributed by atoms with Gasteiger partial charge in [-0.2, -0.15) is 8.78 Å². The zero-order valence-corrected chi connectivity index (χ0v) is 11.9. The van der Waals surface area contributed by atoms with E-state index in [0.29, 0.717) is 19.3 Å². The Balaban J connectivity index is 2.32. The fourth-order valence-corrected chi connectivity index (χ4v) is 3.42. The number of ether oxygens (including phenoxy) is 1. The normalized spacial score (nSPS) is 24.4. The minimum atomic E-state index is -1.51. The van der Waals surface area contributed by atoms with Crippen LogP contribution in [0.5, 0.6) is 5.75 Å². The van der Waals surface area contributed by atoms with Gasteiger partial charge >= 0.3 is 0 Å². The van der Waals surface area contributed by atoms with E-state index in [9.17, 15) is 17.6 Å². The lowest BCUT2D eigenvalue weighted by Gasteiger charge is -2.52. The first-order valence-corrected chi connectivity index (χ1v) is 6.94. The summed E-state index contributed by atoms with van der Waals surface area (Å²) in [6, 6.07) is 0.162. The minimum Gasteiger partial charge on any atom is -0.484 e. The van der Waals surface area contributed by atoms with Gasteiger partial charge in [0.15, 0.2) is 17.4 Å². The molecule has 0 amide bonds. The quantitative estimate of drug-likeness (QED) is 0.440. The van der Waals surface area contributed by atoms with Gasteiger partial charge in [0.2, 0.25) is 11.6 Å². The predicted molar refractivity (Wildman–Crippen MR) is 68.0 cm³/mol. The van der Waals surface area contributed by atoms with Gasteiger partial charge in [0.05, 0.1) is 0 Å². The number of alkyl halides is 1. The molecule has 1 nitrogen and oxygen atoms in total. The summed E-state index contributed by atoms with van der Waals surface area (Å²) < 4.78 is 58.7. The molecule has 0 bridgehead atoms. The topological polar surface area (TPSA) is 9.23 Å². The Kier molecular flexibility index (Phi) is 4.19. The maximum atomic E-state index is 13.6. The monoisotopic (exact) mass is 310 g/mol. The summed E-state index contributed by atoms with van der Waals surface area (Å²) in [5.74, 6) is -6.97. The van der Waals surface area contributed by atoms with Crippen LogP contribution in [0.4, 0.5) is 17.6 Å². The highest BCUT2D eigenvalue weighted by Gasteiger charge is 2.54. The number of rotatable bonds is 4. The smallest absolute Gasteiger partial charge is 0.203 e. The molecule has 1 aliphatic carbocycles. The maximum absolute atomic E-state index is 13.6. The molecule has 2 unspecified atom stereocenters. The van der Waals surface area contributed by atoms with Gasteiger partial charge in [0, 0.05) is 23.3 Å². The Morgan fingerprint density at radius 1 is 1.15 bits per heavy atom. The fraction of sp³-hybridized carbons (Fsp3) is 0.571. The highest BCUT2D eigenvalue weighted by Crippen LogP contribution is 2.52. The highest BCUT2D eigenvalue weighted by atomic mass is 35.5. The molecular formula is C14H15ClF4O. The lowest BCUT2D eigenvalue weighted by molar-refractivity contribution is -0.0505. The van der Waals surface area contributed by atoms with Gasteiger partial charge in [-0.05, 0) is 12.8 Å². The van der Waals surface area contributed by atoms with Crippen molar-refractivity contribution >= 4 is 11.6 Å². The predicted octanol–water partition coefficient (Wildman–Crippen LogP) is 4.81. The molecule has 1 fully saturated rings. The largest absolute Gasteiger partial charge is 0.484 e. The molecule has 1 aliphatic rings. The van der Waals surface area contributed by atoms with Crippen LogP contribution in [0.3, 0.4) is 0 Å². The molecular weight excluding hydrogens is 296 g/mol. The Labute approximate surface area is 119 Å². The summed E-state index contributed by atoms with van der Waals surface area (Å²) in [6.07, 6.45) is 1.15. The van der Waals surface area contributed by atoms with Crippen molar-refractivity contribution in [2.24, 2.45) is 5.41 Å². The van der Waals surface area contributed by atoms with Gasteiger partial charge in [-0.15, -0.1) is 11.6 Å². The van der Waals surface area contributed by atoms with E-state index in [1.165, 1.54) is 0 Å². The summed E-state index contributed by atoms with van der Waals surface area (Å²) in [7, 11) is 0. The highest BCUT2D eigenvalue weighted by molar-refractivity contribution is 6.21. The van der Waals surface area contributed by atoms with Crippen molar-refractivity contribution in [1.82, 2.24) is 0 Å². The van der Waals surface area contributed by atoms with Crippen LogP contribution in [0, 0.1) is 28.7 Å². The standard InChI is InChI=1S/C14H15ClF4O/c1-3-14(4-2)9(15)6-10(14)20-13-11(18)7(16)5-8(17)12(13)19/h5,9-10H,3-4,6H2,1-2H3. The zero-order valence-electron chi connectivity index (χ0n) is 11.2. The Hall–Kier alpha value is -0.970. The van der Waals surface area contributed by atoms with E-state index in [0.717, 1.165) is 0 Å². The second-order valence-electron chi connectivity index (χ2n) is 5.05.